The van der Waals surface area contributed by atoms with Crippen molar-refractivity contribution in [3.8, 4) is 5.75 Å². The second kappa shape index (κ2) is 7.21. The fourth-order valence-electron chi connectivity index (χ4n) is 3.09. The molecule has 0 bridgehead atoms. The Labute approximate surface area is 130 Å². The van der Waals surface area contributed by atoms with Crippen LogP contribution in [0.3, 0.4) is 0 Å². The summed E-state index contributed by atoms with van der Waals surface area (Å²) in [5.41, 5.74) is 2.10. The largest absolute Gasteiger partial charge is 0.494 e. The summed E-state index contributed by atoms with van der Waals surface area (Å²) in [5, 5.41) is 1.04. The average Bonchev–Trinajstić information content (AvgIpc) is 2.91. The number of benzene rings is 1. The van der Waals surface area contributed by atoms with Crippen LogP contribution in [-0.2, 0) is 0 Å². The lowest BCUT2D eigenvalue weighted by Crippen LogP contribution is -2.06. The molecule has 114 valence electrons. The molecule has 0 aliphatic heterocycles. The SMILES string of the molecule is CCOc1ccc2nc(SCCC3CCCCC3)[nH]c2c1. The molecule has 1 aromatic heterocycles. The highest BCUT2D eigenvalue weighted by molar-refractivity contribution is 7.99. The molecule has 0 atom stereocenters. The maximum Gasteiger partial charge on any atom is 0.166 e. The second-order valence-electron chi connectivity index (χ2n) is 5.80. The van der Waals surface area contributed by atoms with Crippen LogP contribution in [0.5, 0.6) is 5.75 Å². The molecular formula is C17H24N2OS. The number of fused-ring (bicyclic) bond motifs is 1. The summed E-state index contributed by atoms with van der Waals surface area (Å²) in [6.07, 6.45) is 8.48. The molecule has 0 spiro atoms. The van der Waals surface area contributed by atoms with E-state index in [2.05, 4.69) is 9.97 Å². The minimum Gasteiger partial charge on any atom is -0.494 e. The Bertz CT molecular complexity index is 575. The van der Waals surface area contributed by atoms with E-state index in [1.807, 2.05) is 36.9 Å². The van der Waals surface area contributed by atoms with Gasteiger partial charge in [0.05, 0.1) is 17.6 Å². The molecular weight excluding hydrogens is 280 g/mol. The number of aromatic nitrogens is 2. The highest BCUT2D eigenvalue weighted by Crippen LogP contribution is 2.29. The topological polar surface area (TPSA) is 37.9 Å². The van der Waals surface area contributed by atoms with Crippen LogP contribution >= 0.6 is 11.8 Å². The van der Waals surface area contributed by atoms with E-state index in [-0.39, 0.29) is 0 Å². The van der Waals surface area contributed by atoms with Gasteiger partial charge in [-0.25, -0.2) is 4.98 Å². The van der Waals surface area contributed by atoms with Crippen molar-refractivity contribution in [1.29, 1.82) is 0 Å². The fourth-order valence-corrected chi connectivity index (χ4v) is 4.08. The summed E-state index contributed by atoms with van der Waals surface area (Å²) < 4.78 is 5.53. The van der Waals surface area contributed by atoms with Crippen LogP contribution in [0.2, 0.25) is 0 Å². The molecule has 1 aliphatic carbocycles. The Morgan fingerprint density at radius 1 is 1.29 bits per heavy atom. The lowest BCUT2D eigenvalue weighted by atomic mass is 9.88. The molecule has 1 aromatic carbocycles. The molecule has 1 fully saturated rings. The Balaban J connectivity index is 1.56. The third-order valence-corrected chi connectivity index (χ3v) is 5.14. The minimum atomic E-state index is 0.697. The Morgan fingerprint density at radius 3 is 2.95 bits per heavy atom. The van der Waals surface area contributed by atoms with Crippen molar-refractivity contribution < 1.29 is 4.74 Å². The normalized spacial score (nSPS) is 16.4. The van der Waals surface area contributed by atoms with Crippen LogP contribution in [-0.4, -0.2) is 22.3 Å². The highest BCUT2D eigenvalue weighted by Gasteiger charge is 2.13. The number of hydrogen-bond acceptors (Lipinski definition) is 3. The van der Waals surface area contributed by atoms with E-state index in [0.29, 0.717) is 6.61 Å². The van der Waals surface area contributed by atoms with Gasteiger partial charge < -0.3 is 9.72 Å². The number of thioether (sulfide) groups is 1. The van der Waals surface area contributed by atoms with Crippen molar-refractivity contribution in [2.75, 3.05) is 12.4 Å². The predicted octanol–water partition coefficient (Wildman–Crippen LogP) is 5.02. The number of imidazole rings is 1. The highest BCUT2D eigenvalue weighted by atomic mass is 32.2. The molecule has 0 radical (unpaired) electrons. The van der Waals surface area contributed by atoms with Gasteiger partial charge in [0.2, 0.25) is 0 Å². The Kier molecular flexibility index (Phi) is 5.07. The van der Waals surface area contributed by atoms with Gasteiger partial charge in [0.25, 0.3) is 0 Å². The molecule has 4 heteroatoms. The summed E-state index contributed by atoms with van der Waals surface area (Å²) in [4.78, 5) is 8.05. The number of nitrogens with one attached hydrogen (secondary N) is 1. The van der Waals surface area contributed by atoms with Gasteiger partial charge in [0.1, 0.15) is 5.75 Å². The molecule has 0 unspecified atom stereocenters. The molecule has 3 rings (SSSR count). The molecule has 0 amide bonds. The first kappa shape index (κ1) is 14.8. The van der Waals surface area contributed by atoms with E-state index in [1.54, 1.807) is 0 Å². The number of rotatable bonds is 6. The van der Waals surface area contributed by atoms with Gasteiger partial charge in [-0.05, 0) is 31.4 Å². The predicted molar refractivity (Wildman–Crippen MR) is 89.2 cm³/mol. The van der Waals surface area contributed by atoms with Crippen molar-refractivity contribution in [2.45, 2.75) is 50.6 Å². The summed E-state index contributed by atoms with van der Waals surface area (Å²) in [7, 11) is 0. The summed E-state index contributed by atoms with van der Waals surface area (Å²) >= 11 is 1.85. The van der Waals surface area contributed by atoms with E-state index in [4.69, 9.17) is 4.74 Å². The van der Waals surface area contributed by atoms with Crippen LogP contribution in [0.25, 0.3) is 11.0 Å². The quantitative estimate of drug-likeness (QED) is 0.761. The first-order chi connectivity index (χ1) is 10.3. The van der Waals surface area contributed by atoms with Crippen molar-refractivity contribution >= 4 is 22.8 Å². The molecule has 0 saturated heterocycles. The van der Waals surface area contributed by atoms with E-state index < -0.39 is 0 Å². The van der Waals surface area contributed by atoms with E-state index in [1.165, 1.54) is 44.3 Å². The number of nitrogens with zero attached hydrogens (tertiary/aromatic N) is 1. The van der Waals surface area contributed by atoms with Gasteiger partial charge in [0, 0.05) is 11.8 Å². The van der Waals surface area contributed by atoms with Crippen molar-refractivity contribution in [3.05, 3.63) is 18.2 Å². The average molecular weight is 304 g/mol. The zero-order valence-electron chi connectivity index (χ0n) is 12.7. The Hall–Kier alpha value is -1.16. The van der Waals surface area contributed by atoms with E-state index in [0.717, 1.165) is 27.9 Å². The van der Waals surface area contributed by atoms with Gasteiger partial charge in [-0.3, -0.25) is 0 Å². The number of aromatic amines is 1. The maximum absolute atomic E-state index is 5.53. The van der Waals surface area contributed by atoms with Crippen molar-refractivity contribution in [1.82, 2.24) is 9.97 Å². The summed E-state index contributed by atoms with van der Waals surface area (Å²) in [6.45, 7) is 2.70. The van der Waals surface area contributed by atoms with Crippen molar-refractivity contribution in [3.63, 3.8) is 0 Å². The van der Waals surface area contributed by atoms with Crippen LogP contribution < -0.4 is 4.74 Å². The van der Waals surface area contributed by atoms with Crippen LogP contribution in [0.4, 0.5) is 0 Å². The minimum absolute atomic E-state index is 0.697. The number of H-pyrrole nitrogens is 1. The summed E-state index contributed by atoms with van der Waals surface area (Å²) in [5.74, 6) is 3.02. The molecule has 21 heavy (non-hydrogen) atoms. The number of ether oxygens (including phenoxy) is 1. The lowest BCUT2D eigenvalue weighted by molar-refractivity contribution is 0.340. The van der Waals surface area contributed by atoms with Gasteiger partial charge >= 0.3 is 0 Å². The van der Waals surface area contributed by atoms with Gasteiger partial charge in [-0.2, -0.15) is 0 Å². The molecule has 1 aliphatic rings. The third kappa shape index (κ3) is 3.94. The van der Waals surface area contributed by atoms with Gasteiger partial charge in [0.15, 0.2) is 5.16 Å². The molecule has 1 N–H and O–H groups in total. The van der Waals surface area contributed by atoms with Crippen molar-refractivity contribution in [2.24, 2.45) is 5.92 Å². The first-order valence-corrected chi connectivity index (χ1v) is 9.09. The monoisotopic (exact) mass is 304 g/mol. The lowest BCUT2D eigenvalue weighted by Gasteiger charge is -2.20. The van der Waals surface area contributed by atoms with Crippen LogP contribution in [0.1, 0.15) is 45.4 Å². The fraction of sp³-hybridized carbons (Fsp3) is 0.588. The van der Waals surface area contributed by atoms with Crippen LogP contribution in [0, 0.1) is 5.92 Å². The first-order valence-electron chi connectivity index (χ1n) is 8.10. The van der Waals surface area contributed by atoms with E-state index >= 15 is 0 Å². The number of hydrogen-bond donors (Lipinski definition) is 1. The molecule has 3 nitrogen and oxygen atoms in total. The second-order valence-corrected chi connectivity index (χ2v) is 6.88. The maximum atomic E-state index is 5.53. The Morgan fingerprint density at radius 2 is 2.14 bits per heavy atom. The van der Waals surface area contributed by atoms with Crippen LogP contribution in [0.15, 0.2) is 23.4 Å². The van der Waals surface area contributed by atoms with Gasteiger partial charge in [-0.1, -0.05) is 43.9 Å². The third-order valence-electron chi connectivity index (χ3n) is 4.23. The zero-order chi connectivity index (χ0) is 14.5. The van der Waals surface area contributed by atoms with E-state index in [9.17, 15) is 0 Å². The molecule has 1 saturated carbocycles. The zero-order valence-corrected chi connectivity index (χ0v) is 13.5. The molecule has 2 aromatic rings. The molecule has 1 heterocycles. The van der Waals surface area contributed by atoms with Gasteiger partial charge in [-0.15, -0.1) is 0 Å². The standard InChI is InChI=1S/C17H24N2OS/c1-2-20-14-8-9-15-16(12-14)19-17(18-15)21-11-10-13-6-4-3-5-7-13/h8-9,12-13H,2-7,10-11H2,1H3,(H,18,19). The summed E-state index contributed by atoms with van der Waals surface area (Å²) in [6, 6.07) is 6.06. The smallest absolute Gasteiger partial charge is 0.166 e.